The fourth-order valence-corrected chi connectivity index (χ4v) is 2.92. The third-order valence-corrected chi connectivity index (χ3v) is 4.04. The van der Waals surface area contributed by atoms with E-state index in [1.807, 2.05) is 32.4 Å². The minimum atomic E-state index is -0.477. The summed E-state index contributed by atoms with van der Waals surface area (Å²) in [6.45, 7) is 17.5. The van der Waals surface area contributed by atoms with Crippen LogP contribution in [-0.4, -0.2) is 34.1 Å². The summed E-state index contributed by atoms with van der Waals surface area (Å²) in [4.78, 5) is 11.8. The van der Waals surface area contributed by atoms with Crippen LogP contribution < -0.4 is 10.6 Å². The maximum Gasteiger partial charge on any atom is 0.407 e. The number of hydrogen-bond acceptors (Lipinski definition) is 4. The number of aryl methyl sites for hydroxylation is 2. The van der Waals surface area contributed by atoms with E-state index in [1.54, 1.807) is 0 Å². The molecule has 0 aliphatic heterocycles. The Morgan fingerprint density at radius 2 is 1.92 bits per heavy atom. The molecule has 1 rings (SSSR count). The molecule has 0 saturated heterocycles. The van der Waals surface area contributed by atoms with Crippen molar-refractivity contribution >= 4 is 6.09 Å². The fraction of sp³-hybridized carbons (Fsp3) is 0.778. The summed E-state index contributed by atoms with van der Waals surface area (Å²) in [7, 11) is 0. The van der Waals surface area contributed by atoms with Crippen molar-refractivity contribution in [3.8, 4) is 0 Å². The van der Waals surface area contributed by atoms with Crippen molar-refractivity contribution in [3.63, 3.8) is 0 Å². The Kier molecular flexibility index (Phi) is 7.27. The SMILES string of the molecule is CCC(CNC(=O)OC(C)(C)C)NC(C)c1c(C)nn(CC)c1C. The van der Waals surface area contributed by atoms with Crippen LogP contribution in [0.15, 0.2) is 0 Å². The quantitative estimate of drug-likeness (QED) is 0.799. The number of amides is 1. The Morgan fingerprint density at radius 1 is 1.29 bits per heavy atom. The normalized spacial score (nSPS) is 14.3. The van der Waals surface area contributed by atoms with E-state index in [9.17, 15) is 4.79 Å². The summed E-state index contributed by atoms with van der Waals surface area (Å²) in [6, 6.07) is 0.354. The molecule has 0 fully saturated rings. The number of rotatable bonds is 7. The van der Waals surface area contributed by atoms with E-state index in [2.05, 4.69) is 43.4 Å². The van der Waals surface area contributed by atoms with Gasteiger partial charge in [-0.2, -0.15) is 5.10 Å². The van der Waals surface area contributed by atoms with Gasteiger partial charge in [-0.1, -0.05) is 6.92 Å². The van der Waals surface area contributed by atoms with Crippen molar-refractivity contribution in [3.05, 3.63) is 17.0 Å². The lowest BCUT2D eigenvalue weighted by atomic mass is 10.0. The zero-order valence-corrected chi connectivity index (χ0v) is 16.5. The second-order valence-corrected chi connectivity index (χ2v) is 7.28. The van der Waals surface area contributed by atoms with Crippen molar-refractivity contribution in [1.82, 2.24) is 20.4 Å². The molecule has 0 radical (unpaired) electrons. The summed E-state index contributed by atoms with van der Waals surface area (Å²) in [5.74, 6) is 0. The first-order valence-electron chi connectivity index (χ1n) is 8.85. The number of nitrogens with one attached hydrogen (secondary N) is 2. The molecule has 2 N–H and O–H groups in total. The maximum atomic E-state index is 11.8. The van der Waals surface area contributed by atoms with E-state index in [1.165, 1.54) is 11.3 Å². The molecule has 0 bridgehead atoms. The van der Waals surface area contributed by atoms with Crippen LogP contribution in [0.3, 0.4) is 0 Å². The molecule has 1 heterocycles. The van der Waals surface area contributed by atoms with Gasteiger partial charge < -0.3 is 15.4 Å². The first-order chi connectivity index (χ1) is 11.1. The molecule has 0 spiro atoms. The van der Waals surface area contributed by atoms with Gasteiger partial charge in [-0.25, -0.2) is 4.79 Å². The number of carbonyl (C=O) groups excluding carboxylic acids is 1. The van der Waals surface area contributed by atoms with E-state index >= 15 is 0 Å². The molecule has 138 valence electrons. The maximum absolute atomic E-state index is 11.8. The highest BCUT2D eigenvalue weighted by Gasteiger charge is 2.21. The summed E-state index contributed by atoms with van der Waals surface area (Å²) in [5, 5.41) is 11.0. The Morgan fingerprint density at radius 3 is 2.38 bits per heavy atom. The number of aromatic nitrogens is 2. The van der Waals surface area contributed by atoms with Crippen LogP contribution in [-0.2, 0) is 11.3 Å². The van der Waals surface area contributed by atoms with E-state index in [4.69, 9.17) is 4.74 Å². The molecule has 1 aromatic rings. The van der Waals surface area contributed by atoms with Crippen LogP contribution in [0.5, 0.6) is 0 Å². The molecule has 0 aromatic carbocycles. The molecule has 2 atom stereocenters. The average Bonchev–Trinajstić information content (AvgIpc) is 2.75. The molecule has 1 aromatic heterocycles. The van der Waals surface area contributed by atoms with E-state index < -0.39 is 5.60 Å². The van der Waals surface area contributed by atoms with Gasteiger partial charge in [0.25, 0.3) is 0 Å². The van der Waals surface area contributed by atoms with Crippen LogP contribution in [0, 0.1) is 13.8 Å². The molecule has 0 aliphatic rings. The van der Waals surface area contributed by atoms with Gasteiger partial charge in [-0.05, 0) is 54.9 Å². The highest BCUT2D eigenvalue weighted by Crippen LogP contribution is 2.22. The third kappa shape index (κ3) is 5.82. The predicted molar refractivity (Wildman–Crippen MR) is 97.2 cm³/mol. The highest BCUT2D eigenvalue weighted by atomic mass is 16.6. The second-order valence-electron chi connectivity index (χ2n) is 7.28. The Labute approximate surface area is 146 Å². The third-order valence-electron chi connectivity index (χ3n) is 4.04. The minimum Gasteiger partial charge on any atom is -0.444 e. The van der Waals surface area contributed by atoms with E-state index in [0.29, 0.717) is 6.54 Å². The van der Waals surface area contributed by atoms with Crippen LogP contribution in [0.4, 0.5) is 4.79 Å². The smallest absolute Gasteiger partial charge is 0.407 e. The van der Waals surface area contributed by atoms with E-state index in [-0.39, 0.29) is 18.2 Å². The summed E-state index contributed by atoms with van der Waals surface area (Å²) >= 11 is 0. The van der Waals surface area contributed by atoms with Crippen molar-refractivity contribution in [2.45, 2.75) is 86.0 Å². The zero-order valence-electron chi connectivity index (χ0n) is 16.5. The van der Waals surface area contributed by atoms with Crippen molar-refractivity contribution < 1.29 is 9.53 Å². The Bertz CT molecular complexity index is 546. The van der Waals surface area contributed by atoms with Crippen molar-refractivity contribution in [2.24, 2.45) is 0 Å². The monoisotopic (exact) mass is 338 g/mol. The number of nitrogens with zero attached hydrogens (tertiary/aromatic N) is 2. The predicted octanol–water partition coefficient (Wildman–Crippen LogP) is 3.47. The minimum absolute atomic E-state index is 0.177. The van der Waals surface area contributed by atoms with Gasteiger partial charge in [0.1, 0.15) is 5.60 Å². The van der Waals surface area contributed by atoms with Gasteiger partial charge in [0, 0.05) is 36.4 Å². The molecule has 6 nitrogen and oxygen atoms in total. The van der Waals surface area contributed by atoms with Gasteiger partial charge in [-0.3, -0.25) is 4.68 Å². The molecule has 1 amide bonds. The molecular weight excluding hydrogens is 304 g/mol. The first-order valence-corrected chi connectivity index (χ1v) is 8.85. The Balaban J connectivity index is 2.65. The average molecular weight is 338 g/mol. The molecule has 0 saturated carbocycles. The van der Waals surface area contributed by atoms with Gasteiger partial charge in [0.2, 0.25) is 0 Å². The lowest BCUT2D eigenvalue weighted by molar-refractivity contribution is 0.0521. The molecule has 24 heavy (non-hydrogen) atoms. The van der Waals surface area contributed by atoms with Crippen LogP contribution in [0.25, 0.3) is 0 Å². The topological polar surface area (TPSA) is 68.2 Å². The lowest BCUT2D eigenvalue weighted by Gasteiger charge is -2.25. The largest absolute Gasteiger partial charge is 0.444 e. The van der Waals surface area contributed by atoms with Crippen molar-refractivity contribution in [1.29, 1.82) is 0 Å². The summed E-state index contributed by atoms with van der Waals surface area (Å²) < 4.78 is 7.32. The summed E-state index contributed by atoms with van der Waals surface area (Å²) in [6.07, 6.45) is 0.543. The van der Waals surface area contributed by atoms with E-state index in [0.717, 1.165) is 18.7 Å². The van der Waals surface area contributed by atoms with Crippen LogP contribution >= 0.6 is 0 Å². The number of hydrogen-bond donors (Lipinski definition) is 2. The molecular formula is C18H34N4O2. The van der Waals surface area contributed by atoms with Gasteiger partial charge in [0.15, 0.2) is 0 Å². The zero-order chi connectivity index (χ0) is 18.5. The molecule has 0 aliphatic carbocycles. The molecule has 6 heteroatoms. The van der Waals surface area contributed by atoms with Gasteiger partial charge in [-0.15, -0.1) is 0 Å². The van der Waals surface area contributed by atoms with Gasteiger partial charge >= 0.3 is 6.09 Å². The summed E-state index contributed by atoms with van der Waals surface area (Å²) in [5.41, 5.74) is 3.02. The number of alkyl carbamates (subject to hydrolysis) is 1. The highest BCUT2D eigenvalue weighted by molar-refractivity contribution is 5.67. The van der Waals surface area contributed by atoms with Crippen LogP contribution in [0.2, 0.25) is 0 Å². The van der Waals surface area contributed by atoms with Crippen LogP contribution in [0.1, 0.15) is 71.0 Å². The lowest BCUT2D eigenvalue weighted by Crippen LogP contribution is -2.43. The molecule has 2 unspecified atom stereocenters. The first kappa shape index (κ1) is 20.5. The number of carbonyl (C=O) groups is 1. The standard InChI is InChI=1S/C18H34N4O2/c1-9-15(11-19-17(23)24-18(6,7)8)20-12(3)16-13(4)21-22(10-2)14(16)5/h12,15,20H,9-11H2,1-8H3,(H,19,23). The number of ether oxygens (including phenoxy) is 1. The van der Waals surface area contributed by atoms with Gasteiger partial charge in [0.05, 0.1) is 5.69 Å². The van der Waals surface area contributed by atoms with Crippen molar-refractivity contribution in [2.75, 3.05) is 6.54 Å². The Hall–Kier alpha value is -1.56. The fourth-order valence-electron chi connectivity index (χ4n) is 2.92. The second kappa shape index (κ2) is 8.51.